The summed E-state index contributed by atoms with van der Waals surface area (Å²) >= 11 is 1.91. The van der Waals surface area contributed by atoms with Crippen LogP contribution in [0.15, 0.2) is 47.9 Å². The van der Waals surface area contributed by atoms with E-state index in [4.69, 9.17) is 0 Å². The van der Waals surface area contributed by atoms with Gasteiger partial charge < -0.3 is 4.55 Å². The maximum atomic E-state index is 14.7. The number of nitrogens with zero attached hydrogens (tertiary/aromatic N) is 2. The van der Waals surface area contributed by atoms with E-state index in [2.05, 4.69) is 37.2 Å². The van der Waals surface area contributed by atoms with Crippen LogP contribution in [0.4, 0.5) is 8.78 Å². The highest BCUT2D eigenvalue weighted by molar-refractivity contribution is 9.10. The average molecular weight is 472 g/mol. The number of aromatic nitrogens is 2. The summed E-state index contributed by atoms with van der Waals surface area (Å²) in [5.41, 5.74) is 0.681. The summed E-state index contributed by atoms with van der Waals surface area (Å²) in [6.07, 6.45) is 5.78. The van der Waals surface area contributed by atoms with E-state index in [1.807, 2.05) is 20.8 Å². The van der Waals surface area contributed by atoms with Crippen LogP contribution in [0.25, 0.3) is 0 Å². The third kappa shape index (κ3) is 5.59. The average Bonchev–Trinajstić information content (AvgIpc) is 2.63. The van der Waals surface area contributed by atoms with Gasteiger partial charge in [0.15, 0.2) is 11.6 Å². The van der Waals surface area contributed by atoms with Gasteiger partial charge in [0.05, 0.1) is 5.69 Å². The summed E-state index contributed by atoms with van der Waals surface area (Å²) in [5.74, 6) is -2.37. The lowest BCUT2D eigenvalue weighted by atomic mass is 9.86. The highest BCUT2D eigenvalue weighted by atomic mass is 79.9. The predicted octanol–water partition coefficient (Wildman–Crippen LogP) is 5.36. The summed E-state index contributed by atoms with van der Waals surface area (Å²) in [6.45, 7) is 9.23. The van der Waals surface area contributed by atoms with Gasteiger partial charge in [-0.15, -0.1) is 11.3 Å². The maximum Gasteiger partial charge on any atom is 0.162 e. The number of benzene rings is 1. The second-order valence-corrected chi connectivity index (χ2v) is 10.1. The van der Waals surface area contributed by atoms with Crippen molar-refractivity contribution in [2.75, 3.05) is 0 Å². The van der Waals surface area contributed by atoms with E-state index >= 15 is 0 Å². The Labute approximate surface area is 176 Å². The molecule has 0 fully saturated rings. The fourth-order valence-corrected chi connectivity index (χ4v) is 4.09. The predicted molar refractivity (Wildman–Crippen MR) is 112 cm³/mol. The number of allylic oxidation sites excluding steroid dienone is 1. The highest BCUT2D eigenvalue weighted by Crippen LogP contribution is 2.39. The molecule has 4 nitrogen and oxygen atoms in total. The number of hydrogen-bond acceptors (Lipinski definition) is 4. The van der Waals surface area contributed by atoms with Crippen molar-refractivity contribution in [3.8, 4) is 0 Å². The van der Waals surface area contributed by atoms with Crippen molar-refractivity contribution < 1.29 is 13.3 Å². The van der Waals surface area contributed by atoms with Crippen molar-refractivity contribution in [1.29, 1.82) is 0 Å². The molecule has 0 aliphatic rings. The van der Waals surface area contributed by atoms with Crippen molar-refractivity contribution in [3.63, 3.8) is 0 Å². The van der Waals surface area contributed by atoms with Crippen LogP contribution in [-0.4, -0.2) is 19.3 Å². The van der Waals surface area contributed by atoms with Crippen LogP contribution in [0.1, 0.15) is 56.8 Å². The molecule has 2 rings (SSSR count). The Hall–Kier alpha value is -1.35. The normalized spacial score (nSPS) is 15.1. The fourth-order valence-electron chi connectivity index (χ4n) is 2.77. The lowest BCUT2D eigenvalue weighted by Gasteiger charge is -2.32. The molecule has 0 saturated carbocycles. The third-order valence-corrected chi connectivity index (χ3v) is 6.42. The van der Waals surface area contributed by atoms with E-state index in [0.29, 0.717) is 23.1 Å². The lowest BCUT2D eigenvalue weighted by molar-refractivity contribution is 0.425. The minimum Gasteiger partial charge on any atom is -0.598 e. The first-order chi connectivity index (χ1) is 13.2. The fraction of sp³-hybridized carbons (Fsp3) is 0.400. The van der Waals surface area contributed by atoms with Crippen LogP contribution in [0.2, 0.25) is 0 Å². The molecule has 28 heavy (non-hydrogen) atoms. The quantitative estimate of drug-likeness (QED) is 0.415. The summed E-state index contributed by atoms with van der Waals surface area (Å²) in [5, 5.41) is 0. The number of halogens is 3. The van der Waals surface area contributed by atoms with Gasteiger partial charge in [0.2, 0.25) is 0 Å². The molecule has 0 amide bonds. The first kappa shape index (κ1) is 22.9. The van der Waals surface area contributed by atoms with Gasteiger partial charge in [-0.2, -0.15) is 0 Å². The van der Waals surface area contributed by atoms with Crippen molar-refractivity contribution in [1.82, 2.24) is 14.7 Å². The molecule has 0 aliphatic carbocycles. The summed E-state index contributed by atoms with van der Waals surface area (Å²) < 4.78 is 44.5. The Morgan fingerprint density at radius 1 is 1.29 bits per heavy atom. The molecule has 8 heteroatoms. The summed E-state index contributed by atoms with van der Waals surface area (Å²) in [7, 11) is 0. The molecule has 1 heterocycles. The number of rotatable bonds is 8. The van der Waals surface area contributed by atoms with E-state index in [1.54, 1.807) is 12.1 Å². The van der Waals surface area contributed by atoms with Crippen molar-refractivity contribution in [3.05, 3.63) is 70.7 Å². The molecule has 0 bridgehead atoms. The topological polar surface area (TPSA) is 60.9 Å². The molecule has 1 aromatic heterocycles. The Morgan fingerprint density at radius 3 is 2.57 bits per heavy atom. The van der Waals surface area contributed by atoms with Crippen LogP contribution in [-0.2, 0) is 11.4 Å². The van der Waals surface area contributed by atoms with Crippen molar-refractivity contribution >= 4 is 27.3 Å². The third-order valence-electron chi connectivity index (χ3n) is 4.23. The summed E-state index contributed by atoms with van der Waals surface area (Å²) in [4.78, 5) is 8.57. The van der Waals surface area contributed by atoms with Crippen molar-refractivity contribution in [2.45, 2.75) is 50.3 Å². The van der Waals surface area contributed by atoms with E-state index in [9.17, 15) is 13.3 Å². The number of hydrogen-bond donors (Lipinski definition) is 1. The Morgan fingerprint density at radius 2 is 1.96 bits per heavy atom. The van der Waals surface area contributed by atoms with Crippen LogP contribution in [0, 0.1) is 11.6 Å². The molecule has 1 N–H and O–H groups in total. The summed E-state index contributed by atoms with van der Waals surface area (Å²) in [6, 6.07) is 3.44. The minimum atomic E-state index is -1.47. The van der Waals surface area contributed by atoms with Crippen LogP contribution >= 0.6 is 15.9 Å². The molecule has 1 aromatic carbocycles. The molecule has 2 aromatic rings. The second-order valence-electron chi connectivity index (χ2n) is 7.32. The van der Waals surface area contributed by atoms with Crippen molar-refractivity contribution in [2.24, 2.45) is 0 Å². The molecular formula is C20H24BrF2N3OS. The Kier molecular flexibility index (Phi) is 8.12. The molecule has 3 atom stereocenters. The molecule has 1 unspecified atom stereocenters. The molecule has 0 spiro atoms. The van der Waals surface area contributed by atoms with Gasteiger partial charge in [-0.3, -0.25) is 4.98 Å². The SMILES string of the molecule is C=CCC[C@H](c1cccc(F)c1F)[C@H](N[S+]([O-])C(C)(C)C)c1nccnc1Br. The van der Waals surface area contributed by atoms with E-state index < -0.39 is 39.7 Å². The zero-order chi connectivity index (χ0) is 20.9. The highest BCUT2D eigenvalue weighted by Gasteiger charge is 2.37. The van der Waals surface area contributed by atoms with Gasteiger partial charge in [0, 0.05) is 29.7 Å². The maximum absolute atomic E-state index is 14.7. The van der Waals surface area contributed by atoms with Gasteiger partial charge in [0.1, 0.15) is 15.4 Å². The Bertz CT molecular complexity index is 816. The first-order valence-corrected chi connectivity index (χ1v) is 10.8. The van der Waals surface area contributed by atoms with Gasteiger partial charge >= 0.3 is 0 Å². The molecule has 0 saturated heterocycles. The Balaban J connectivity index is 2.59. The largest absolute Gasteiger partial charge is 0.598 e. The first-order valence-electron chi connectivity index (χ1n) is 8.86. The molecule has 0 aliphatic heterocycles. The van der Waals surface area contributed by atoms with E-state index in [-0.39, 0.29) is 5.56 Å². The van der Waals surface area contributed by atoms with Gasteiger partial charge in [-0.05, 0) is 61.2 Å². The van der Waals surface area contributed by atoms with Gasteiger partial charge in [-0.1, -0.05) is 18.2 Å². The number of nitrogens with one attached hydrogen (secondary N) is 1. The van der Waals surface area contributed by atoms with E-state index in [0.717, 1.165) is 6.07 Å². The van der Waals surface area contributed by atoms with Crippen LogP contribution < -0.4 is 4.72 Å². The monoisotopic (exact) mass is 471 g/mol. The zero-order valence-electron chi connectivity index (χ0n) is 16.1. The molecule has 152 valence electrons. The smallest absolute Gasteiger partial charge is 0.162 e. The van der Waals surface area contributed by atoms with E-state index in [1.165, 1.54) is 18.5 Å². The minimum absolute atomic E-state index is 0.197. The molecular weight excluding hydrogens is 448 g/mol. The standard InChI is InChI=1S/C20H24BrF2N3OS/c1-5-6-8-14(13-9-7-10-15(22)16(13)23)17(26-28(27)20(2,3)4)18-19(21)25-12-11-24-18/h5,7,9-12,14,17,26H,1,6,8H2,2-4H3/t14-,17+,28?/m1/s1. The second kappa shape index (κ2) is 9.91. The van der Waals surface area contributed by atoms with Gasteiger partial charge in [-0.25, -0.2) is 13.8 Å². The zero-order valence-corrected chi connectivity index (χ0v) is 18.5. The van der Waals surface area contributed by atoms with Crippen LogP contribution in [0.5, 0.6) is 0 Å². The van der Waals surface area contributed by atoms with Gasteiger partial charge in [0.25, 0.3) is 0 Å². The van der Waals surface area contributed by atoms with Crippen LogP contribution in [0.3, 0.4) is 0 Å². The lowest BCUT2D eigenvalue weighted by Crippen LogP contribution is -2.43. The molecule has 0 radical (unpaired) electrons.